The number of carbonyl (C=O) groups is 1. The molecule has 7 heteroatoms. The predicted molar refractivity (Wildman–Crippen MR) is 65.9 cm³/mol. The summed E-state index contributed by atoms with van der Waals surface area (Å²) in [6, 6.07) is 2.46. The third-order valence-corrected chi connectivity index (χ3v) is 2.32. The zero-order valence-corrected chi connectivity index (χ0v) is 11.4. The van der Waals surface area contributed by atoms with Crippen molar-refractivity contribution in [2.45, 2.75) is 32.5 Å². The van der Waals surface area contributed by atoms with Gasteiger partial charge in [0.05, 0.1) is 12.9 Å². The van der Waals surface area contributed by atoms with Crippen LogP contribution in [0.4, 0.5) is 13.2 Å². The molecule has 1 N–H and O–H groups in total. The Hall–Kier alpha value is -1.50. The van der Waals surface area contributed by atoms with E-state index in [1.807, 2.05) is 13.8 Å². The zero-order chi connectivity index (χ0) is 15.2. The third-order valence-electron chi connectivity index (χ3n) is 2.32. The highest BCUT2D eigenvalue weighted by Crippen LogP contribution is 2.21. The maximum atomic E-state index is 12.1. The second-order valence-corrected chi connectivity index (χ2v) is 4.86. The molecule has 1 aromatic rings. The molecule has 4 nitrogen and oxygen atoms in total. The van der Waals surface area contributed by atoms with Gasteiger partial charge in [0.1, 0.15) is 18.2 Å². The smallest absolute Gasteiger partial charge is 0.397 e. The first-order chi connectivity index (χ1) is 9.28. The van der Waals surface area contributed by atoms with E-state index in [1.54, 1.807) is 12.1 Å². The van der Waals surface area contributed by atoms with Crippen LogP contribution in [0.5, 0.6) is 0 Å². The van der Waals surface area contributed by atoms with E-state index in [-0.39, 0.29) is 12.5 Å². The molecule has 0 radical (unpaired) electrons. The van der Waals surface area contributed by atoms with Crippen molar-refractivity contribution in [2.75, 3.05) is 13.2 Å². The molecule has 1 amide bonds. The first kappa shape index (κ1) is 16.6. The van der Waals surface area contributed by atoms with Crippen molar-refractivity contribution >= 4 is 5.91 Å². The number of hydrogen-bond acceptors (Lipinski definition) is 3. The van der Waals surface area contributed by atoms with E-state index in [4.69, 9.17) is 9.15 Å². The largest absolute Gasteiger partial charge is 0.467 e. The summed E-state index contributed by atoms with van der Waals surface area (Å²) in [4.78, 5) is 11.3. The lowest BCUT2D eigenvalue weighted by Gasteiger charge is -2.18. The van der Waals surface area contributed by atoms with E-state index < -0.39 is 24.5 Å². The minimum atomic E-state index is -4.53. The summed E-state index contributed by atoms with van der Waals surface area (Å²) in [6.07, 6.45) is -4.66. The molecule has 0 unspecified atom stereocenters. The molecule has 0 aliphatic heterocycles. The molecule has 0 aliphatic carbocycles. The summed E-state index contributed by atoms with van der Waals surface area (Å²) in [7, 11) is 0. The second-order valence-electron chi connectivity index (χ2n) is 4.86. The average molecular weight is 293 g/mol. The summed E-state index contributed by atoms with van der Waals surface area (Å²) in [6.45, 7) is 4.41. The molecule has 1 atom stereocenters. The average Bonchev–Trinajstić information content (AvgIpc) is 2.77. The highest BCUT2D eigenvalue weighted by Gasteiger charge is 2.32. The van der Waals surface area contributed by atoms with Crippen molar-refractivity contribution in [3.05, 3.63) is 24.2 Å². The first-order valence-electron chi connectivity index (χ1n) is 6.25. The van der Waals surface area contributed by atoms with Gasteiger partial charge >= 0.3 is 6.18 Å². The minimum Gasteiger partial charge on any atom is -0.467 e. The summed E-state index contributed by atoms with van der Waals surface area (Å²) in [5.74, 6) is -0.450. The van der Waals surface area contributed by atoms with Gasteiger partial charge < -0.3 is 14.5 Å². The summed E-state index contributed by atoms with van der Waals surface area (Å²) >= 11 is 0. The van der Waals surface area contributed by atoms with Gasteiger partial charge in [-0.25, -0.2) is 0 Å². The van der Waals surface area contributed by atoms with Gasteiger partial charge in [-0.15, -0.1) is 0 Å². The number of alkyl halides is 3. The van der Waals surface area contributed by atoms with E-state index in [1.165, 1.54) is 6.26 Å². The summed E-state index contributed by atoms with van der Waals surface area (Å²) < 4.78 is 46.9. The molecule has 0 aromatic carbocycles. The molecule has 0 bridgehead atoms. The van der Waals surface area contributed by atoms with Crippen LogP contribution in [0, 0.1) is 5.92 Å². The molecule has 0 fully saturated rings. The van der Waals surface area contributed by atoms with Crippen molar-refractivity contribution in [1.29, 1.82) is 0 Å². The lowest BCUT2D eigenvalue weighted by molar-refractivity contribution is -0.154. The number of halogens is 3. The topological polar surface area (TPSA) is 51.5 Å². The maximum absolute atomic E-state index is 12.1. The number of hydrogen-bond donors (Lipinski definition) is 1. The predicted octanol–water partition coefficient (Wildman–Crippen LogP) is 3.06. The fraction of sp³-hybridized carbons (Fsp3) is 0.615. The highest BCUT2D eigenvalue weighted by atomic mass is 19.4. The lowest BCUT2D eigenvalue weighted by atomic mass is 10.2. The Morgan fingerprint density at radius 3 is 2.60 bits per heavy atom. The van der Waals surface area contributed by atoms with E-state index in [0.717, 1.165) is 0 Å². The van der Waals surface area contributed by atoms with Gasteiger partial charge in [-0.2, -0.15) is 13.2 Å². The molecule has 1 rings (SSSR count). The van der Waals surface area contributed by atoms with Gasteiger partial charge in [0.2, 0.25) is 5.91 Å². The standard InChI is InChI=1S/C13H18F3NO3/c1-9(2)7-19-8-10(11-4-3-5-20-11)17-12(18)6-13(14,15)16/h3-5,9-10H,6-8H2,1-2H3,(H,17,18)/t10-/m0/s1. The van der Waals surface area contributed by atoms with E-state index in [9.17, 15) is 18.0 Å². The van der Waals surface area contributed by atoms with E-state index in [0.29, 0.717) is 12.4 Å². The van der Waals surface area contributed by atoms with Crippen LogP contribution in [-0.4, -0.2) is 25.3 Å². The van der Waals surface area contributed by atoms with Crippen LogP contribution in [0.3, 0.4) is 0 Å². The Morgan fingerprint density at radius 2 is 2.10 bits per heavy atom. The van der Waals surface area contributed by atoms with E-state index in [2.05, 4.69) is 5.32 Å². The number of amides is 1. The Balaban J connectivity index is 2.57. The molecule has 20 heavy (non-hydrogen) atoms. The number of rotatable bonds is 7. The molecule has 114 valence electrons. The van der Waals surface area contributed by atoms with Gasteiger partial charge in [0, 0.05) is 6.61 Å². The van der Waals surface area contributed by atoms with Gasteiger partial charge in [0.25, 0.3) is 0 Å². The van der Waals surface area contributed by atoms with Crippen LogP contribution in [0.25, 0.3) is 0 Å². The highest BCUT2D eigenvalue weighted by molar-refractivity contribution is 5.77. The Kier molecular flexibility index (Phi) is 6.06. The molecule has 1 heterocycles. The van der Waals surface area contributed by atoms with Gasteiger partial charge in [0.15, 0.2) is 0 Å². The van der Waals surface area contributed by atoms with Crippen LogP contribution in [0.15, 0.2) is 22.8 Å². The number of ether oxygens (including phenoxy) is 1. The van der Waals surface area contributed by atoms with Crippen LogP contribution in [0.2, 0.25) is 0 Å². The molecule has 0 aliphatic rings. The van der Waals surface area contributed by atoms with Crippen LogP contribution >= 0.6 is 0 Å². The minimum absolute atomic E-state index is 0.0648. The van der Waals surface area contributed by atoms with E-state index >= 15 is 0 Å². The first-order valence-corrected chi connectivity index (χ1v) is 6.25. The monoisotopic (exact) mass is 293 g/mol. The van der Waals surface area contributed by atoms with Crippen molar-refractivity contribution in [1.82, 2.24) is 5.32 Å². The SMILES string of the molecule is CC(C)COC[C@H](NC(=O)CC(F)(F)F)c1ccco1. The van der Waals surface area contributed by atoms with Gasteiger partial charge in [-0.05, 0) is 18.1 Å². The summed E-state index contributed by atoms with van der Waals surface area (Å²) in [5.41, 5.74) is 0. The number of carbonyl (C=O) groups excluding carboxylic acids is 1. The van der Waals surface area contributed by atoms with Crippen molar-refractivity contribution in [2.24, 2.45) is 5.92 Å². The van der Waals surface area contributed by atoms with Crippen LogP contribution in [0.1, 0.15) is 32.1 Å². The number of nitrogens with one attached hydrogen (secondary N) is 1. The Labute approximate surface area is 115 Å². The van der Waals surface area contributed by atoms with Crippen LogP contribution in [-0.2, 0) is 9.53 Å². The number of furan rings is 1. The molecular formula is C13H18F3NO3. The van der Waals surface area contributed by atoms with Crippen molar-refractivity contribution in [3.8, 4) is 0 Å². The Bertz CT molecular complexity index is 401. The maximum Gasteiger partial charge on any atom is 0.397 e. The third kappa shape index (κ3) is 6.60. The quantitative estimate of drug-likeness (QED) is 0.840. The van der Waals surface area contributed by atoms with Gasteiger partial charge in [-0.3, -0.25) is 4.79 Å². The van der Waals surface area contributed by atoms with Crippen LogP contribution < -0.4 is 5.32 Å². The Morgan fingerprint density at radius 1 is 1.40 bits per heavy atom. The second kappa shape index (κ2) is 7.33. The van der Waals surface area contributed by atoms with Crippen molar-refractivity contribution in [3.63, 3.8) is 0 Å². The molecule has 0 saturated carbocycles. The normalized spacial score (nSPS) is 13.5. The van der Waals surface area contributed by atoms with Crippen molar-refractivity contribution < 1.29 is 27.1 Å². The zero-order valence-electron chi connectivity index (χ0n) is 11.4. The molecule has 1 aromatic heterocycles. The molecule has 0 spiro atoms. The fourth-order valence-electron chi connectivity index (χ4n) is 1.53. The van der Waals surface area contributed by atoms with Gasteiger partial charge in [-0.1, -0.05) is 13.8 Å². The summed E-state index contributed by atoms with van der Waals surface area (Å²) in [5, 5.41) is 2.27. The fourth-order valence-corrected chi connectivity index (χ4v) is 1.53. The molecular weight excluding hydrogens is 275 g/mol. The lowest BCUT2D eigenvalue weighted by Crippen LogP contribution is -2.34. The molecule has 0 saturated heterocycles.